The summed E-state index contributed by atoms with van der Waals surface area (Å²) in [4.78, 5) is 25.8. The first-order chi connectivity index (χ1) is 16.3. The van der Waals surface area contributed by atoms with Gasteiger partial charge in [0.05, 0.1) is 6.10 Å². The first-order valence-electron chi connectivity index (χ1n) is 13.5. The van der Waals surface area contributed by atoms with E-state index in [1.807, 2.05) is 6.20 Å². The van der Waals surface area contributed by atoms with Gasteiger partial charge in [-0.1, -0.05) is 40.7 Å². The van der Waals surface area contributed by atoms with Crippen LogP contribution in [0.2, 0.25) is 0 Å². The summed E-state index contributed by atoms with van der Waals surface area (Å²) in [7, 11) is 0. The Labute approximate surface area is 208 Å². The predicted octanol–water partition coefficient (Wildman–Crippen LogP) is 3.34. The molecule has 0 aromatic heterocycles. The number of epoxide rings is 1. The van der Waals surface area contributed by atoms with Crippen LogP contribution in [-0.4, -0.2) is 53.6 Å². The SMILES string of the molecule is CC(=O)O[C@@H]1CC2C(C)(C)[C@H](O)CC[C@]2(C)C2CC[C@@]3(C)[C@H](C4C=CNC4)OC(=O)C4OC43[C@@]21C. The van der Waals surface area contributed by atoms with Crippen molar-refractivity contribution in [3.8, 4) is 0 Å². The summed E-state index contributed by atoms with van der Waals surface area (Å²) >= 11 is 0. The lowest BCUT2D eigenvalue weighted by Crippen LogP contribution is -2.75. The van der Waals surface area contributed by atoms with Crippen LogP contribution in [0.15, 0.2) is 12.3 Å². The minimum Gasteiger partial charge on any atom is -0.462 e. The Morgan fingerprint density at radius 1 is 1.14 bits per heavy atom. The second-order valence-electron chi connectivity index (χ2n) is 13.6. The number of ether oxygens (including phenoxy) is 3. The Morgan fingerprint density at radius 3 is 2.54 bits per heavy atom. The van der Waals surface area contributed by atoms with Crippen LogP contribution in [0.25, 0.3) is 0 Å². The molecule has 3 aliphatic carbocycles. The van der Waals surface area contributed by atoms with E-state index in [4.69, 9.17) is 14.2 Å². The van der Waals surface area contributed by atoms with Crippen LogP contribution in [0.3, 0.4) is 0 Å². The van der Waals surface area contributed by atoms with Crippen molar-refractivity contribution >= 4 is 11.9 Å². The highest BCUT2D eigenvalue weighted by Gasteiger charge is 2.88. The standard InChI is InChI=1S/C28H41NO6/c1-15(30)33-20-13-18-24(2,3)19(31)8-10-25(18,4)17-7-11-26(5)21(16-9-12-29-14-16)34-23(32)22-28(26,35-22)27(17,20)6/h9,12,16-22,29,31H,7-8,10-11,13-14H2,1-6H3/t16?,17?,18?,19-,20-,21+,22?,25-,26+,27+,28?/m1/s1. The second-order valence-corrected chi connectivity index (χ2v) is 13.6. The van der Waals surface area contributed by atoms with Gasteiger partial charge in [0.2, 0.25) is 0 Å². The zero-order valence-electron chi connectivity index (χ0n) is 21.9. The van der Waals surface area contributed by atoms with E-state index in [0.717, 1.165) is 32.2 Å². The highest BCUT2D eigenvalue weighted by molar-refractivity contribution is 5.82. The summed E-state index contributed by atoms with van der Waals surface area (Å²) in [5.74, 6) is -0.0810. The second kappa shape index (κ2) is 7.03. The zero-order chi connectivity index (χ0) is 25.2. The van der Waals surface area contributed by atoms with E-state index in [1.54, 1.807) is 0 Å². The highest BCUT2D eigenvalue weighted by Crippen LogP contribution is 2.79. The number of fused-ring (bicyclic) bond motifs is 3. The number of carbonyl (C=O) groups excluding carboxylic acids is 2. The summed E-state index contributed by atoms with van der Waals surface area (Å²) in [6, 6.07) is 0. The summed E-state index contributed by atoms with van der Waals surface area (Å²) in [6.45, 7) is 13.4. The maximum absolute atomic E-state index is 13.3. The van der Waals surface area contributed by atoms with Crippen molar-refractivity contribution in [3.63, 3.8) is 0 Å². The quantitative estimate of drug-likeness (QED) is 0.455. The molecule has 2 saturated heterocycles. The van der Waals surface area contributed by atoms with Crippen molar-refractivity contribution in [2.24, 2.45) is 39.4 Å². The Hall–Kier alpha value is -1.60. The first-order valence-corrected chi connectivity index (χ1v) is 13.5. The van der Waals surface area contributed by atoms with E-state index in [-0.39, 0.29) is 64.2 Å². The van der Waals surface area contributed by atoms with Crippen molar-refractivity contribution in [2.75, 3.05) is 6.54 Å². The Bertz CT molecular complexity index is 994. The van der Waals surface area contributed by atoms with Gasteiger partial charge in [-0.25, -0.2) is 4.79 Å². The molecule has 2 N–H and O–H groups in total. The van der Waals surface area contributed by atoms with E-state index in [9.17, 15) is 14.7 Å². The molecule has 0 radical (unpaired) electrons. The number of cyclic esters (lactones) is 1. The van der Waals surface area contributed by atoms with Crippen LogP contribution in [-0.2, 0) is 23.8 Å². The highest BCUT2D eigenvalue weighted by atomic mass is 16.7. The molecule has 35 heavy (non-hydrogen) atoms. The minimum absolute atomic E-state index is 0.0492. The third-order valence-corrected chi connectivity index (χ3v) is 12.0. The van der Waals surface area contributed by atoms with Crippen LogP contribution in [0.1, 0.15) is 73.6 Å². The molecule has 5 fully saturated rings. The van der Waals surface area contributed by atoms with Gasteiger partial charge >= 0.3 is 11.9 Å². The molecule has 5 unspecified atom stereocenters. The van der Waals surface area contributed by atoms with Gasteiger partial charge in [0.15, 0.2) is 6.10 Å². The topological polar surface area (TPSA) is 97.4 Å². The third-order valence-electron chi connectivity index (χ3n) is 12.0. The molecule has 3 heterocycles. The molecule has 11 atom stereocenters. The van der Waals surface area contributed by atoms with Crippen molar-refractivity contribution in [3.05, 3.63) is 12.3 Å². The van der Waals surface area contributed by atoms with E-state index in [1.165, 1.54) is 6.92 Å². The van der Waals surface area contributed by atoms with Crippen molar-refractivity contribution in [1.29, 1.82) is 0 Å². The number of aliphatic hydroxyl groups excluding tert-OH is 1. The van der Waals surface area contributed by atoms with Crippen LogP contribution in [0.5, 0.6) is 0 Å². The van der Waals surface area contributed by atoms with Crippen molar-refractivity contribution in [2.45, 2.75) is 104 Å². The molecule has 0 amide bonds. The lowest BCUT2D eigenvalue weighted by atomic mass is 9.34. The maximum Gasteiger partial charge on any atom is 0.338 e. The minimum atomic E-state index is -0.729. The van der Waals surface area contributed by atoms with E-state index >= 15 is 0 Å². The molecular formula is C28H41NO6. The molecule has 7 heteroatoms. The van der Waals surface area contributed by atoms with Gasteiger partial charge in [-0.05, 0) is 61.0 Å². The van der Waals surface area contributed by atoms with Gasteiger partial charge < -0.3 is 24.6 Å². The van der Waals surface area contributed by atoms with Gasteiger partial charge in [-0.3, -0.25) is 4.79 Å². The number of aliphatic hydroxyl groups is 1. The zero-order valence-corrected chi connectivity index (χ0v) is 21.9. The molecule has 3 aliphatic heterocycles. The Morgan fingerprint density at radius 2 is 1.89 bits per heavy atom. The summed E-state index contributed by atoms with van der Waals surface area (Å²) in [5, 5.41) is 14.3. The number of nitrogens with one attached hydrogen (secondary N) is 1. The van der Waals surface area contributed by atoms with Gasteiger partial charge in [0.1, 0.15) is 17.8 Å². The molecule has 6 aliphatic rings. The van der Waals surface area contributed by atoms with Crippen LogP contribution >= 0.6 is 0 Å². The van der Waals surface area contributed by atoms with E-state index in [0.29, 0.717) is 6.42 Å². The average molecular weight is 488 g/mol. The number of hydrogen-bond donors (Lipinski definition) is 2. The molecule has 194 valence electrons. The average Bonchev–Trinajstić information content (AvgIpc) is 3.35. The van der Waals surface area contributed by atoms with Crippen molar-refractivity contribution < 1.29 is 28.9 Å². The van der Waals surface area contributed by atoms with Gasteiger partial charge in [0.25, 0.3) is 0 Å². The Balaban J connectivity index is 1.51. The summed E-state index contributed by atoms with van der Waals surface area (Å²) in [6.07, 6.45) is 6.61. The van der Waals surface area contributed by atoms with Crippen LogP contribution < -0.4 is 5.32 Å². The fraction of sp³-hybridized carbons (Fsp3) is 0.857. The molecule has 0 aromatic rings. The van der Waals surface area contributed by atoms with Crippen LogP contribution in [0, 0.1) is 39.4 Å². The number of hydrogen-bond acceptors (Lipinski definition) is 7. The number of rotatable bonds is 2. The molecule has 0 bridgehead atoms. The number of carbonyl (C=O) groups is 2. The van der Waals surface area contributed by atoms with E-state index in [2.05, 4.69) is 46.0 Å². The molecular weight excluding hydrogens is 446 g/mol. The molecule has 0 aromatic carbocycles. The lowest BCUT2D eigenvalue weighted by molar-refractivity contribution is -0.276. The Kier molecular flexibility index (Phi) is 4.78. The maximum atomic E-state index is 13.3. The lowest BCUT2D eigenvalue weighted by Gasteiger charge is -2.70. The summed E-state index contributed by atoms with van der Waals surface area (Å²) < 4.78 is 18.9. The predicted molar refractivity (Wildman–Crippen MR) is 128 cm³/mol. The normalized spacial score (nSPS) is 55.4. The third kappa shape index (κ3) is 2.64. The van der Waals surface area contributed by atoms with E-state index < -0.39 is 17.1 Å². The number of esters is 2. The van der Waals surface area contributed by atoms with Gasteiger partial charge in [-0.2, -0.15) is 0 Å². The smallest absolute Gasteiger partial charge is 0.338 e. The van der Waals surface area contributed by atoms with Gasteiger partial charge in [-0.15, -0.1) is 0 Å². The summed E-state index contributed by atoms with van der Waals surface area (Å²) in [5.41, 5.74) is -1.99. The molecule has 3 saturated carbocycles. The fourth-order valence-corrected chi connectivity index (χ4v) is 10.3. The molecule has 7 nitrogen and oxygen atoms in total. The largest absolute Gasteiger partial charge is 0.462 e. The monoisotopic (exact) mass is 487 g/mol. The van der Waals surface area contributed by atoms with Crippen molar-refractivity contribution in [1.82, 2.24) is 5.32 Å². The van der Waals surface area contributed by atoms with Crippen LogP contribution in [0.4, 0.5) is 0 Å². The molecule has 1 spiro atoms. The molecule has 6 rings (SSSR count). The fourth-order valence-electron chi connectivity index (χ4n) is 10.3. The van der Waals surface area contributed by atoms with Gasteiger partial charge in [0, 0.05) is 30.2 Å². The first kappa shape index (κ1) is 23.8.